The molecule has 1 heterocycles. The lowest BCUT2D eigenvalue weighted by Gasteiger charge is -2.16. The van der Waals surface area contributed by atoms with Crippen molar-refractivity contribution in [3.63, 3.8) is 0 Å². The molecule has 0 saturated heterocycles. The van der Waals surface area contributed by atoms with Gasteiger partial charge in [-0.15, -0.1) is 0 Å². The first kappa shape index (κ1) is 14.9. The van der Waals surface area contributed by atoms with Crippen LogP contribution in [0.4, 0.5) is 0 Å². The quantitative estimate of drug-likeness (QED) is 0.592. The van der Waals surface area contributed by atoms with E-state index in [2.05, 4.69) is 10.3 Å². The lowest BCUT2D eigenvalue weighted by Crippen LogP contribution is -2.36. The van der Waals surface area contributed by atoms with Crippen LogP contribution in [0.5, 0.6) is 0 Å². The molecule has 1 amide bonds. The van der Waals surface area contributed by atoms with Gasteiger partial charge in [0.05, 0.1) is 13.2 Å². The Hall–Kier alpha value is -1.17. The van der Waals surface area contributed by atoms with E-state index in [4.69, 9.17) is 16.3 Å². The molecule has 0 aromatic carbocycles. The van der Waals surface area contributed by atoms with Crippen molar-refractivity contribution in [3.05, 3.63) is 29.0 Å². The Bertz CT molecular complexity index is 387. The number of carbonyl (C=O) groups is 1. The predicted octanol–water partition coefficient (Wildman–Crippen LogP) is 0.929. The first-order valence-corrected chi connectivity index (χ1v) is 6.05. The predicted molar refractivity (Wildman–Crippen MR) is 70.5 cm³/mol. The number of hydrogen-bond donors (Lipinski definition) is 1. The van der Waals surface area contributed by atoms with E-state index < -0.39 is 0 Å². The number of rotatable bonds is 7. The molecule has 0 aliphatic rings. The Kier molecular flexibility index (Phi) is 6.64. The highest BCUT2D eigenvalue weighted by molar-refractivity contribution is 6.30. The van der Waals surface area contributed by atoms with Gasteiger partial charge in [-0.3, -0.25) is 9.69 Å². The van der Waals surface area contributed by atoms with Crippen molar-refractivity contribution in [2.24, 2.45) is 0 Å². The molecule has 1 rings (SSSR count). The smallest absolute Gasteiger partial charge is 0.234 e. The van der Waals surface area contributed by atoms with E-state index in [1.165, 1.54) is 0 Å². The number of ether oxygens (including phenoxy) is 1. The number of pyridine rings is 1. The highest BCUT2D eigenvalue weighted by atomic mass is 35.5. The van der Waals surface area contributed by atoms with Gasteiger partial charge in [0.25, 0.3) is 0 Å². The maximum absolute atomic E-state index is 11.5. The van der Waals surface area contributed by atoms with Crippen LogP contribution in [0, 0.1) is 0 Å². The summed E-state index contributed by atoms with van der Waals surface area (Å²) < 4.78 is 4.85. The molecule has 1 N–H and O–H groups in total. The fourth-order valence-electron chi connectivity index (χ4n) is 1.48. The lowest BCUT2D eigenvalue weighted by atomic mass is 10.2. The van der Waals surface area contributed by atoms with Crippen LogP contribution in [-0.2, 0) is 16.1 Å². The summed E-state index contributed by atoms with van der Waals surface area (Å²) in [6.07, 6.45) is 1.64. The molecule has 6 heteroatoms. The van der Waals surface area contributed by atoms with Gasteiger partial charge in [-0.05, 0) is 13.1 Å². The molecule has 0 spiro atoms. The number of nitrogens with one attached hydrogen (secondary N) is 1. The van der Waals surface area contributed by atoms with Crippen LogP contribution >= 0.6 is 11.6 Å². The fourth-order valence-corrected chi connectivity index (χ4v) is 1.66. The number of carbonyl (C=O) groups excluding carboxylic acids is 1. The lowest BCUT2D eigenvalue weighted by molar-refractivity contribution is -0.122. The molecule has 1 aromatic heterocycles. The van der Waals surface area contributed by atoms with Crippen LogP contribution in [0.25, 0.3) is 0 Å². The summed E-state index contributed by atoms with van der Waals surface area (Å²) in [5.41, 5.74) is 0.909. The zero-order valence-electron chi connectivity index (χ0n) is 10.6. The summed E-state index contributed by atoms with van der Waals surface area (Å²) >= 11 is 5.95. The van der Waals surface area contributed by atoms with E-state index in [9.17, 15) is 4.79 Å². The molecule has 0 radical (unpaired) electrons. The molecule has 1 aromatic rings. The summed E-state index contributed by atoms with van der Waals surface area (Å²) in [6.45, 7) is 1.94. The second kappa shape index (κ2) is 8.02. The molecule has 18 heavy (non-hydrogen) atoms. The largest absolute Gasteiger partial charge is 0.383 e. The molecule has 100 valence electrons. The second-order valence-corrected chi connectivity index (χ2v) is 4.33. The van der Waals surface area contributed by atoms with E-state index in [0.717, 1.165) is 5.56 Å². The van der Waals surface area contributed by atoms with Crippen LogP contribution in [0.1, 0.15) is 5.56 Å². The molecule has 0 fully saturated rings. The van der Waals surface area contributed by atoms with Crippen LogP contribution in [0.15, 0.2) is 18.3 Å². The molecule has 0 saturated carbocycles. The highest BCUT2D eigenvalue weighted by Gasteiger charge is 2.08. The Morgan fingerprint density at radius 3 is 3.06 bits per heavy atom. The van der Waals surface area contributed by atoms with Gasteiger partial charge in [-0.25, -0.2) is 4.98 Å². The van der Waals surface area contributed by atoms with Gasteiger partial charge in [0.2, 0.25) is 5.91 Å². The minimum absolute atomic E-state index is 0.0328. The van der Waals surface area contributed by atoms with E-state index in [-0.39, 0.29) is 5.91 Å². The Morgan fingerprint density at radius 1 is 1.61 bits per heavy atom. The molecule has 0 bridgehead atoms. The topological polar surface area (TPSA) is 54.5 Å². The molecule has 5 nitrogen and oxygen atoms in total. The van der Waals surface area contributed by atoms with Gasteiger partial charge in [-0.2, -0.15) is 0 Å². The third kappa shape index (κ3) is 5.44. The first-order chi connectivity index (χ1) is 8.63. The summed E-state index contributed by atoms with van der Waals surface area (Å²) in [5.74, 6) is -0.0328. The van der Waals surface area contributed by atoms with Crippen LogP contribution in [-0.4, -0.2) is 49.6 Å². The van der Waals surface area contributed by atoms with E-state index >= 15 is 0 Å². The minimum Gasteiger partial charge on any atom is -0.383 e. The molecule has 0 aliphatic carbocycles. The SMILES string of the molecule is COCCNC(=O)CN(C)Cc1cccnc1Cl. The minimum atomic E-state index is -0.0328. The van der Waals surface area contributed by atoms with Crippen LogP contribution in [0.3, 0.4) is 0 Å². The number of hydrogen-bond acceptors (Lipinski definition) is 4. The number of nitrogens with zero attached hydrogens (tertiary/aromatic N) is 2. The zero-order chi connectivity index (χ0) is 13.4. The summed E-state index contributed by atoms with van der Waals surface area (Å²) in [7, 11) is 3.46. The van der Waals surface area contributed by atoms with Crippen molar-refractivity contribution in [3.8, 4) is 0 Å². The van der Waals surface area contributed by atoms with Crippen LogP contribution < -0.4 is 5.32 Å². The van der Waals surface area contributed by atoms with Crippen LogP contribution in [0.2, 0.25) is 5.15 Å². The Morgan fingerprint density at radius 2 is 2.39 bits per heavy atom. The van der Waals surface area contributed by atoms with Crippen molar-refractivity contribution in [1.29, 1.82) is 0 Å². The van der Waals surface area contributed by atoms with E-state index in [0.29, 0.717) is 31.4 Å². The van der Waals surface area contributed by atoms with Gasteiger partial charge in [0.15, 0.2) is 0 Å². The van der Waals surface area contributed by atoms with Gasteiger partial charge in [0.1, 0.15) is 5.15 Å². The zero-order valence-corrected chi connectivity index (χ0v) is 11.4. The first-order valence-electron chi connectivity index (χ1n) is 5.67. The average Bonchev–Trinajstić information content (AvgIpc) is 2.32. The van der Waals surface area contributed by atoms with Crippen molar-refractivity contribution in [2.75, 3.05) is 33.9 Å². The van der Waals surface area contributed by atoms with E-state index in [1.54, 1.807) is 13.3 Å². The average molecular weight is 272 g/mol. The third-order valence-corrected chi connectivity index (χ3v) is 2.66. The monoisotopic (exact) mass is 271 g/mol. The summed E-state index contributed by atoms with van der Waals surface area (Å²) in [6, 6.07) is 3.72. The van der Waals surface area contributed by atoms with Crippen molar-refractivity contribution < 1.29 is 9.53 Å². The number of halogens is 1. The maximum atomic E-state index is 11.5. The van der Waals surface area contributed by atoms with Gasteiger partial charge in [0, 0.05) is 32.0 Å². The van der Waals surface area contributed by atoms with Crippen molar-refractivity contribution in [1.82, 2.24) is 15.2 Å². The Labute approximate surface area is 112 Å². The summed E-state index contributed by atoms with van der Waals surface area (Å²) in [5, 5.41) is 3.24. The molecular formula is C12H18ClN3O2. The van der Waals surface area contributed by atoms with Gasteiger partial charge < -0.3 is 10.1 Å². The third-order valence-electron chi connectivity index (χ3n) is 2.32. The fraction of sp³-hybridized carbons (Fsp3) is 0.500. The number of likely N-dealkylation sites (N-methyl/N-ethyl adjacent to an activating group) is 1. The number of amides is 1. The van der Waals surface area contributed by atoms with E-state index in [1.807, 2.05) is 24.1 Å². The normalized spacial score (nSPS) is 10.7. The number of aromatic nitrogens is 1. The second-order valence-electron chi connectivity index (χ2n) is 3.97. The molecule has 0 unspecified atom stereocenters. The molecular weight excluding hydrogens is 254 g/mol. The molecule has 0 aliphatic heterocycles. The standard InChI is InChI=1S/C12H18ClN3O2/c1-16(9-11(17)14-6-7-18-2)8-10-4-3-5-15-12(10)13/h3-5H,6-9H2,1-2H3,(H,14,17). The van der Waals surface area contributed by atoms with Gasteiger partial charge in [-0.1, -0.05) is 17.7 Å². The number of methoxy groups -OCH3 is 1. The van der Waals surface area contributed by atoms with Crippen molar-refractivity contribution >= 4 is 17.5 Å². The highest BCUT2D eigenvalue weighted by Crippen LogP contribution is 2.12. The van der Waals surface area contributed by atoms with Crippen molar-refractivity contribution in [2.45, 2.75) is 6.54 Å². The Balaban J connectivity index is 2.35. The molecule has 0 atom stereocenters. The summed E-state index contributed by atoms with van der Waals surface area (Å²) in [4.78, 5) is 17.4. The van der Waals surface area contributed by atoms with Gasteiger partial charge >= 0.3 is 0 Å². The maximum Gasteiger partial charge on any atom is 0.234 e.